The summed E-state index contributed by atoms with van der Waals surface area (Å²) in [7, 11) is -5.05. The number of imidazole rings is 5. The highest BCUT2D eigenvalue weighted by Crippen LogP contribution is 2.41. The van der Waals surface area contributed by atoms with Gasteiger partial charge in [-0.1, -0.05) is 104 Å². The van der Waals surface area contributed by atoms with Gasteiger partial charge in [0.1, 0.15) is 48.6 Å². The molecule has 30 nitrogen and oxygen atoms in total. The third-order valence-electron chi connectivity index (χ3n) is 23.6. The van der Waals surface area contributed by atoms with Crippen LogP contribution in [0.3, 0.4) is 0 Å². The Morgan fingerprint density at radius 1 is 0.406 bits per heavy atom. The van der Waals surface area contributed by atoms with E-state index in [-0.39, 0.29) is 70.4 Å². The van der Waals surface area contributed by atoms with Gasteiger partial charge in [-0.25, -0.2) is 4.98 Å². The second kappa shape index (κ2) is 40.1. The average molecular weight is 1810 g/mol. The maximum atomic E-state index is 9.06. The fourth-order valence-corrected chi connectivity index (χ4v) is 15.8. The Balaban J connectivity index is 0.000000146. The number of ether oxygens (including phenoxy) is 7. The number of aliphatic hydroxyl groups excluding tert-OH is 2. The maximum absolute atomic E-state index is 9.06. The predicted octanol–water partition coefficient (Wildman–Crippen LogP) is 17.4. The Labute approximate surface area is 756 Å². The van der Waals surface area contributed by atoms with Gasteiger partial charge in [0.05, 0.1) is 198 Å². The molecule has 128 heavy (non-hydrogen) atoms. The Kier molecular flexibility index (Phi) is 30.5. The van der Waals surface area contributed by atoms with Crippen molar-refractivity contribution in [1.29, 1.82) is 26.3 Å². The van der Waals surface area contributed by atoms with Gasteiger partial charge < -0.3 is 66.7 Å². The van der Waals surface area contributed by atoms with E-state index in [1.54, 1.807) is 66.9 Å². The van der Waals surface area contributed by atoms with E-state index in [9.17, 15) is 0 Å². The Hall–Kier alpha value is -11.3. The summed E-state index contributed by atoms with van der Waals surface area (Å²) in [5.41, 5.74) is 13.8. The summed E-state index contributed by atoms with van der Waals surface area (Å²) in [5.74, 6) is 0.952. The van der Waals surface area contributed by atoms with Crippen LogP contribution < -0.4 is 23.7 Å². The second-order valence-electron chi connectivity index (χ2n) is 38.7. The van der Waals surface area contributed by atoms with Crippen molar-refractivity contribution in [3.05, 3.63) is 172 Å². The van der Waals surface area contributed by atoms with Crippen molar-refractivity contribution in [3.63, 3.8) is 0 Å². The van der Waals surface area contributed by atoms with Crippen molar-refractivity contribution < 1.29 is 61.8 Å². The van der Waals surface area contributed by atoms with Gasteiger partial charge in [-0.15, -0.1) is 0 Å². The quantitative estimate of drug-likeness (QED) is 0.0580. The number of hydrogen-bond acceptors (Lipinski definition) is 25. The number of aromatic hydroxyl groups is 1. The Morgan fingerprint density at radius 2 is 0.750 bits per heavy atom. The van der Waals surface area contributed by atoms with E-state index in [1.165, 1.54) is 6.20 Å². The molecule has 0 radical (unpaired) electrons. The predicted molar refractivity (Wildman–Crippen MR) is 497 cm³/mol. The van der Waals surface area contributed by atoms with E-state index in [0.29, 0.717) is 101 Å². The minimum Gasteiger partial charge on any atom is -0.506 e. The van der Waals surface area contributed by atoms with Gasteiger partial charge in [0.25, 0.3) is 24.0 Å². The van der Waals surface area contributed by atoms with Crippen molar-refractivity contribution in [3.8, 4) is 65.9 Å². The molecule has 5 aromatic carbocycles. The maximum Gasteiger partial charge on any atom is 0.297 e. The highest BCUT2D eigenvalue weighted by atomic mass is 35.5. The molecular weight excluding hydrogens is 1690 g/mol. The number of aromatic amines is 1. The summed E-state index contributed by atoms with van der Waals surface area (Å²) >= 11 is 5.63. The van der Waals surface area contributed by atoms with Gasteiger partial charge in [-0.05, 0) is 181 Å². The number of H-pyrrole nitrogens is 1. The van der Waals surface area contributed by atoms with Crippen LogP contribution in [0.5, 0.6) is 35.5 Å². The number of halogens is 1. The first-order valence-electron chi connectivity index (χ1n) is 42.7. The molecule has 0 saturated carbocycles. The zero-order chi connectivity index (χ0) is 93.2. The number of nitrogens with zero attached hydrogens (tertiary/aromatic N) is 16. The molecule has 0 amide bonds. The molecule has 7 aromatic heterocycles. The van der Waals surface area contributed by atoms with Gasteiger partial charge in [-0.3, -0.25) is 28.2 Å². The third-order valence-corrected chi connectivity index (χ3v) is 37.2. The van der Waals surface area contributed by atoms with E-state index in [2.05, 4.69) is 217 Å². The lowest BCUT2D eigenvalue weighted by molar-refractivity contribution is 0.130. The van der Waals surface area contributed by atoms with Crippen molar-refractivity contribution in [2.45, 2.75) is 232 Å². The topological polar surface area (TPSA) is 404 Å². The number of pyridine rings is 2. The molecule has 6 atom stereocenters. The van der Waals surface area contributed by atoms with Crippen LogP contribution >= 0.6 is 11.6 Å². The van der Waals surface area contributed by atoms with Gasteiger partial charge in [0.2, 0.25) is 5.28 Å². The van der Waals surface area contributed by atoms with Gasteiger partial charge in [0.15, 0.2) is 31.1 Å². The zero-order valence-corrected chi connectivity index (χ0v) is 80.8. The van der Waals surface area contributed by atoms with Crippen molar-refractivity contribution >= 4 is 91.7 Å². The first-order valence-corrected chi connectivity index (χ1v) is 51.8. The molecule has 12 aromatic rings. The number of benzene rings is 5. The Morgan fingerprint density at radius 3 is 1.11 bits per heavy atom. The van der Waals surface area contributed by atoms with Crippen molar-refractivity contribution in [2.24, 2.45) is 0 Å². The molecule has 34 heteroatoms. The van der Waals surface area contributed by atoms with Crippen LogP contribution in [0.2, 0.25) is 59.7 Å². The fourth-order valence-electron chi connectivity index (χ4n) is 12.5. The standard InChI is InChI=1S/C20H20N4O2.2C17H23N3O2Si.C11H9N3O2.C9H13NO.C9H20O2Si.C8H4ClN3.C3H6O2/c1-20(2,3)18-7-5-14(10-22-18)25-12-15-11-24-17-6-4-13(9-21)8-16(17)23-19(24)26-15;1-17(2,3)23(4,5)21-11-13-10-20-15-7-6-12(9-18)8-14(15)19-16(20)22-13;1-17(2,3)23(4,5)21-11-13-10-20-15-8-12(9-18)6-7-14(15)19-16(20)22-13;12-4-7-1-2-10-9(3-7)13-11-14(10)5-8(6-15)16-11;1-9(2,3)8-5-4-7(11)6-10-8;1-9(2,3)12(4,5)11-7-8-6-10-8;9-8-11-6-2-1-5(4-10)3-7(6)12-8;4-1-3-2-5-3/h4-8,10,15H,11-12H2,1-3H3;2*6-8,13H,10-11H2,1-5H3;1-3,8,15H,5-6H2;4-6,11H,1-3H3;8H,6-7H2,1-5H3;1-3H,(H,11,12);3-4H,1-2H2/t15-;2*13-;8-;;8-;;3-/m0000.0.1/s1. The number of rotatable bonds is 14. The third kappa shape index (κ3) is 24.9. The summed E-state index contributed by atoms with van der Waals surface area (Å²) < 4.78 is 65.2. The highest BCUT2D eigenvalue weighted by molar-refractivity contribution is 6.75. The van der Waals surface area contributed by atoms with Gasteiger partial charge in [-0.2, -0.15) is 46.2 Å². The number of hydrogen-bond donors (Lipinski definition) is 4. The van der Waals surface area contributed by atoms with Gasteiger partial charge in [0, 0.05) is 22.2 Å². The van der Waals surface area contributed by atoms with Crippen LogP contribution in [0.1, 0.15) is 143 Å². The molecule has 0 aliphatic carbocycles. The van der Waals surface area contributed by atoms with E-state index in [4.69, 9.17) is 94.9 Å². The van der Waals surface area contributed by atoms with Crippen LogP contribution in [0.15, 0.2) is 128 Å². The summed E-state index contributed by atoms with van der Waals surface area (Å²) in [4.78, 5) is 33.1. The number of nitrogens with one attached hydrogen (secondary N) is 1. The lowest BCUT2D eigenvalue weighted by Gasteiger charge is -2.36. The fraction of sp³-hybridized carbons (Fsp3) is 0.468. The highest BCUT2D eigenvalue weighted by Gasteiger charge is 2.42. The number of fused-ring (bicyclic) bond motifs is 13. The van der Waals surface area contributed by atoms with E-state index < -0.39 is 25.0 Å². The summed E-state index contributed by atoms with van der Waals surface area (Å²) in [6.07, 6.45) is 3.51. The van der Waals surface area contributed by atoms with E-state index in [1.807, 2.05) is 74.4 Å². The minimum absolute atomic E-state index is 0.00617. The minimum atomic E-state index is -1.78. The molecule has 6 aliphatic rings. The van der Waals surface area contributed by atoms with E-state index in [0.717, 1.165) is 105 Å². The number of epoxide rings is 2. The molecule has 13 heterocycles. The SMILES string of the molecule is CC(C)(C)[Si](C)(C)OC[C@@H]1CO1.CC(C)(C)[Si](C)(C)OC[C@@H]1Cn2c(nc3cc(C#N)ccc32)O1.CC(C)(C)[Si](C)(C)OC[C@@H]1Cn2c(nc3ccc(C#N)cc32)O1.CC(C)(C)c1ccc(O)cn1.CC(C)(C)c1ccc(OC[C@@H]2Cn3c(nc4cc(C#N)ccc43)O2)cn1.N#Cc1ccc2c(c1)nc1n2C[C@@H](CO)O1.N#Cc1ccc2nc(Cl)[nH]c2c1.OC[C@@H]1CO1. The van der Waals surface area contributed by atoms with Crippen LogP contribution in [0.4, 0.5) is 0 Å². The lowest BCUT2D eigenvalue weighted by Crippen LogP contribution is -2.43. The molecule has 2 fully saturated rings. The smallest absolute Gasteiger partial charge is 0.297 e. The first kappa shape index (κ1) is 97.3. The summed E-state index contributed by atoms with van der Waals surface area (Å²) in [5, 5.41) is 71.5. The van der Waals surface area contributed by atoms with Crippen molar-refractivity contribution in [2.75, 3.05) is 52.9 Å². The summed E-state index contributed by atoms with van der Waals surface area (Å²) in [6.45, 7) is 53.4. The van der Waals surface area contributed by atoms with Crippen LogP contribution in [-0.2, 0) is 59.8 Å². The Bertz CT molecular complexity index is 6090. The normalized spacial score (nSPS) is 17.5. The molecule has 676 valence electrons. The molecule has 4 N–H and O–H groups in total. The molecular formula is C94H118ClN17O13Si3. The largest absolute Gasteiger partial charge is 0.506 e. The van der Waals surface area contributed by atoms with E-state index >= 15 is 0 Å². The zero-order valence-electron chi connectivity index (χ0n) is 77.0. The number of aromatic nitrogens is 12. The van der Waals surface area contributed by atoms with Gasteiger partial charge >= 0.3 is 0 Å². The lowest BCUT2D eigenvalue weighted by atomic mass is 9.92. The van der Waals surface area contributed by atoms with Crippen LogP contribution in [0.25, 0.3) is 55.2 Å². The first-order chi connectivity index (χ1) is 60.2. The molecule has 6 aliphatic heterocycles. The molecule has 0 unspecified atom stereocenters. The summed E-state index contributed by atoms with van der Waals surface area (Å²) in [6, 6.07) is 47.4. The second-order valence-corrected chi connectivity index (χ2v) is 53.5. The monoisotopic (exact) mass is 1810 g/mol. The van der Waals surface area contributed by atoms with Crippen LogP contribution in [0, 0.1) is 56.7 Å². The number of aliphatic hydroxyl groups is 2. The molecule has 0 bridgehead atoms. The van der Waals surface area contributed by atoms with Crippen LogP contribution in [-0.4, -0.2) is 188 Å². The number of nitriles is 5. The van der Waals surface area contributed by atoms with Crippen molar-refractivity contribution in [1.82, 2.24) is 58.1 Å². The average Bonchev–Trinajstić information content (AvgIpc) is 1.63. The molecule has 0 spiro atoms. The molecule has 18 rings (SSSR count). The molecule has 2 saturated heterocycles.